The fraction of sp³-hybridized carbons (Fsp3) is 0.500. The number of nitrogens with zero attached hydrogens (tertiary/aromatic N) is 2. The average Bonchev–Trinajstić information content (AvgIpc) is 3.20. The number of aliphatic hydroxyl groups is 2. The van der Waals surface area contributed by atoms with Gasteiger partial charge in [0.15, 0.2) is 0 Å². The zero-order valence-electron chi connectivity index (χ0n) is 35.2. The summed E-state index contributed by atoms with van der Waals surface area (Å²) in [6, 6.07) is 28.9. The van der Waals surface area contributed by atoms with Gasteiger partial charge < -0.3 is 33.9 Å². The first-order chi connectivity index (χ1) is 27.4. The highest BCUT2D eigenvalue weighted by Gasteiger charge is 2.23. The number of rotatable bonds is 12. The minimum atomic E-state index is -0.105. The summed E-state index contributed by atoms with van der Waals surface area (Å²) in [7, 11) is 0. The molecule has 0 bridgehead atoms. The second-order valence-electron chi connectivity index (χ2n) is 17.0. The maximum Gasteiger partial charge on any atom is 0.129 e. The normalized spacial score (nSPS) is 16.1. The highest BCUT2D eigenvalue weighted by Crippen LogP contribution is 2.35. The van der Waals surface area contributed by atoms with Crippen molar-refractivity contribution >= 4 is 0 Å². The van der Waals surface area contributed by atoms with Gasteiger partial charge in [-0.2, -0.15) is 0 Å². The molecule has 1 aliphatic rings. The molecule has 0 aliphatic carbocycles. The first-order valence-electron chi connectivity index (χ1n) is 20.5. The number of ether oxygens (including phenoxy) is 5. The van der Waals surface area contributed by atoms with E-state index in [0.717, 1.165) is 56.0 Å². The lowest BCUT2D eigenvalue weighted by atomic mass is 9.84. The third kappa shape index (κ3) is 13.9. The molecular weight excluding hydrogens is 717 g/mol. The standard InChI is InChI=1S/C48H66N2O7/c1-47(2,3)43-27-39(45(41(29-43)33-51)56-35-37-13-9-7-10-14-37)31-49-17-21-53-22-18-50(20-24-55-26-25-54-23-19-49)32-40-28-44(48(4,5)6)30-42(34-52)46(40)57-36-38-15-11-8-12-16-38/h7-16,27-30,51-52H,17-26,31-36H2,1-6H3. The van der Waals surface area contributed by atoms with Gasteiger partial charge in [-0.1, -0.05) is 114 Å². The van der Waals surface area contributed by atoms with Crippen molar-refractivity contribution in [2.24, 2.45) is 0 Å². The van der Waals surface area contributed by atoms with Crippen molar-refractivity contribution in [1.29, 1.82) is 0 Å². The van der Waals surface area contributed by atoms with Gasteiger partial charge in [0.05, 0.1) is 52.9 Å². The van der Waals surface area contributed by atoms with E-state index in [1.165, 1.54) is 0 Å². The average molecular weight is 783 g/mol. The van der Waals surface area contributed by atoms with Crippen LogP contribution in [0.15, 0.2) is 84.9 Å². The Morgan fingerprint density at radius 3 is 1.16 bits per heavy atom. The van der Waals surface area contributed by atoms with Crippen molar-refractivity contribution in [3.63, 3.8) is 0 Å². The lowest BCUT2D eigenvalue weighted by Crippen LogP contribution is -2.33. The van der Waals surface area contributed by atoms with Crippen LogP contribution in [0.25, 0.3) is 0 Å². The van der Waals surface area contributed by atoms with E-state index in [2.05, 4.69) is 99.9 Å². The van der Waals surface area contributed by atoms with Crippen molar-refractivity contribution in [3.8, 4) is 11.5 Å². The van der Waals surface area contributed by atoms with E-state index < -0.39 is 0 Å². The molecule has 1 fully saturated rings. The Kier molecular flexibility index (Phi) is 17.0. The molecule has 57 heavy (non-hydrogen) atoms. The minimum absolute atomic E-state index is 0.103. The molecular formula is C48H66N2O7. The summed E-state index contributed by atoms with van der Waals surface area (Å²) < 4.78 is 31.5. The fourth-order valence-electron chi connectivity index (χ4n) is 6.90. The molecule has 4 aromatic carbocycles. The van der Waals surface area contributed by atoms with Crippen LogP contribution < -0.4 is 9.47 Å². The summed E-state index contributed by atoms with van der Waals surface area (Å²) in [5.41, 5.74) is 7.93. The third-order valence-electron chi connectivity index (χ3n) is 10.4. The molecule has 2 N–H and O–H groups in total. The van der Waals surface area contributed by atoms with Gasteiger partial charge in [0, 0.05) is 61.5 Å². The maximum atomic E-state index is 10.5. The molecule has 1 aliphatic heterocycles. The predicted octanol–water partition coefficient (Wildman–Crippen LogP) is 7.79. The Morgan fingerprint density at radius 2 is 0.825 bits per heavy atom. The van der Waals surface area contributed by atoms with Crippen LogP contribution in [0, 0.1) is 0 Å². The highest BCUT2D eigenvalue weighted by molar-refractivity contribution is 5.48. The summed E-state index contributed by atoms with van der Waals surface area (Å²) in [5.74, 6) is 1.48. The van der Waals surface area contributed by atoms with Gasteiger partial charge in [0.25, 0.3) is 0 Å². The molecule has 1 heterocycles. The van der Waals surface area contributed by atoms with Gasteiger partial charge in [0.1, 0.15) is 24.7 Å². The van der Waals surface area contributed by atoms with Crippen LogP contribution in [0.2, 0.25) is 0 Å². The van der Waals surface area contributed by atoms with E-state index in [-0.39, 0.29) is 24.0 Å². The highest BCUT2D eigenvalue weighted by atomic mass is 16.5. The number of hydrogen-bond donors (Lipinski definition) is 2. The zero-order chi connectivity index (χ0) is 40.7. The molecule has 5 rings (SSSR count). The zero-order valence-corrected chi connectivity index (χ0v) is 35.2. The van der Waals surface area contributed by atoms with Crippen LogP contribution >= 0.6 is 0 Å². The smallest absolute Gasteiger partial charge is 0.129 e. The van der Waals surface area contributed by atoms with E-state index in [1.54, 1.807) is 0 Å². The Balaban J connectivity index is 1.31. The first-order valence-corrected chi connectivity index (χ1v) is 20.5. The molecule has 9 nitrogen and oxygen atoms in total. The molecule has 310 valence electrons. The Bertz CT molecular complexity index is 1660. The van der Waals surface area contributed by atoms with E-state index in [4.69, 9.17) is 23.7 Å². The van der Waals surface area contributed by atoms with Crippen molar-refractivity contribution in [2.45, 2.75) is 91.9 Å². The topological polar surface area (TPSA) is 93.1 Å². The number of benzene rings is 4. The van der Waals surface area contributed by atoms with E-state index in [9.17, 15) is 10.2 Å². The molecule has 0 atom stereocenters. The fourth-order valence-corrected chi connectivity index (χ4v) is 6.90. The van der Waals surface area contributed by atoms with Gasteiger partial charge in [-0.15, -0.1) is 0 Å². The largest absolute Gasteiger partial charge is 0.488 e. The molecule has 0 aromatic heterocycles. The van der Waals surface area contributed by atoms with Crippen molar-refractivity contribution in [1.82, 2.24) is 9.80 Å². The van der Waals surface area contributed by atoms with Crippen LogP contribution in [-0.4, -0.2) is 85.8 Å². The van der Waals surface area contributed by atoms with Gasteiger partial charge >= 0.3 is 0 Å². The SMILES string of the molecule is CC(C)(C)c1cc(CO)c(OCc2ccccc2)c(CN2CCOCCOCCN(Cc3cc(C(C)(C)C)cc(CO)c3OCc3ccccc3)CCOCC2)c1. The molecule has 4 aromatic rings. The van der Waals surface area contributed by atoms with Crippen LogP contribution in [0.3, 0.4) is 0 Å². The number of hydrogen-bond acceptors (Lipinski definition) is 9. The third-order valence-corrected chi connectivity index (χ3v) is 10.4. The molecule has 1 saturated heterocycles. The van der Waals surface area contributed by atoms with Crippen molar-refractivity contribution in [3.05, 3.63) is 129 Å². The number of aliphatic hydroxyl groups excluding tert-OH is 2. The lowest BCUT2D eigenvalue weighted by Gasteiger charge is -2.28. The predicted molar refractivity (Wildman–Crippen MR) is 227 cm³/mol. The quantitative estimate of drug-likeness (QED) is 0.150. The second-order valence-corrected chi connectivity index (χ2v) is 17.0. The van der Waals surface area contributed by atoms with E-state index in [0.29, 0.717) is 92.1 Å². The lowest BCUT2D eigenvalue weighted by molar-refractivity contribution is 0.0309. The second kappa shape index (κ2) is 21.8. The molecule has 0 radical (unpaired) electrons. The maximum absolute atomic E-state index is 10.5. The van der Waals surface area contributed by atoms with Crippen molar-refractivity contribution < 1.29 is 33.9 Å². The van der Waals surface area contributed by atoms with Crippen LogP contribution in [-0.2, 0) is 64.6 Å². The molecule has 0 unspecified atom stereocenters. The summed E-state index contributed by atoms with van der Waals surface area (Å²) >= 11 is 0. The Hall–Kier alpha value is -3.80. The summed E-state index contributed by atoms with van der Waals surface area (Å²) in [5, 5.41) is 21.1. The Morgan fingerprint density at radius 1 is 0.491 bits per heavy atom. The molecule has 0 saturated carbocycles. The van der Waals surface area contributed by atoms with Crippen molar-refractivity contribution in [2.75, 3.05) is 65.8 Å². The van der Waals surface area contributed by atoms with Crippen LogP contribution in [0.4, 0.5) is 0 Å². The molecule has 0 spiro atoms. The van der Waals surface area contributed by atoms with Gasteiger partial charge in [0.2, 0.25) is 0 Å². The van der Waals surface area contributed by atoms with E-state index >= 15 is 0 Å². The van der Waals surface area contributed by atoms with Crippen LogP contribution in [0.5, 0.6) is 11.5 Å². The minimum Gasteiger partial charge on any atom is -0.488 e. The van der Waals surface area contributed by atoms with Gasteiger partial charge in [-0.3, -0.25) is 9.80 Å². The molecule has 9 heteroatoms. The summed E-state index contributed by atoms with van der Waals surface area (Å²) in [4.78, 5) is 4.70. The van der Waals surface area contributed by atoms with Gasteiger partial charge in [-0.25, -0.2) is 0 Å². The first kappa shape index (κ1) is 44.3. The summed E-state index contributed by atoms with van der Waals surface area (Å²) in [6.07, 6.45) is 0. The van der Waals surface area contributed by atoms with Crippen LogP contribution in [0.1, 0.15) is 86.1 Å². The summed E-state index contributed by atoms with van der Waals surface area (Å²) in [6.45, 7) is 21.1. The van der Waals surface area contributed by atoms with Gasteiger partial charge in [-0.05, 0) is 45.2 Å². The monoisotopic (exact) mass is 782 g/mol. The molecule has 0 amide bonds. The Labute approximate surface area is 341 Å². The van der Waals surface area contributed by atoms with E-state index in [1.807, 2.05) is 36.4 Å².